The fraction of sp³-hybridized carbons (Fsp3) is 0.586. The van der Waals surface area contributed by atoms with Crippen molar-refractivity contribution in [1.82, 2.24) is 19.9 Å². The summed E-state index contributed by atoms with van der Waals surface area (Å²) in [6.07, 6.45) is 5.62. The summed E-state index contributed by atoms with van der Waals surface area (Å²) in [5, 5.41) is 1.78. The minimum atomic E-state index is -0.467. The first-order valence-electron chi connectivity index (χ1n) is 13.6. The molecule has 3 heterocycles. The highest BCUT2D eigenvalue weighted by atomic mass is 16.7. The van der Waals surface area contributed by atoms with Gasteiger partial charge >= 0.3 is 12.1 Å². The second kappa shape index (κ2) is 9.08. The van der Waals surface area contributed by atoms with Crippen LogP contribution in [-0.2, 0) is 15.0 Å². The molecule has 2 saturated heterocycles. The average Bonchev–Trinajstić information content (AvgIpc) is 2.85. The minimum Gasteiger partial charge on any atom is -0.444 e. The van der Waals surface area contributed by atoms with Crippen molar-refractivity contribution in [2.24, 2.45) is 17.8 Å². The Kier molecular flexibility index (Phi) is 5.97. The van der Waals surface area contributed by atoms with E-state index in [1.54, 1.807) is 17.2 Å². The first kappa shape index (κ1) is 24.3. The van der Waals surface area contributed by atoms with Gasteiger partial charge in [0.1, 0.15) is 11.4 Å². The fourth-order valence-electron chi connectivity index (χ4n) is 7.14. The van der Waals surface area contributed by atoms with E-state index in [1.165, 1.54) is 0 Å². The quantitative estimate of drug-likeness (QED) is 0.603. The summed E-state index contributed by atoms with van der Waals surface area (Å²) >= 11 is 0. The Balaban J connectivity index is 1.06. The molecule has 1 aromatic heterocycles. The highest BCUT2D eigenvalue weighted by molar-refractivity contribution is 5.89. The SMILES string of the molecule is CC(C)(C)OC(=O)N1C[C@@H]2CC3(c4nccc(C5CCN(OC(=O)c6ccccc6)CC5)n4)C[C@H](C1)C23. The van der Waals surface area contributed by atoms with Gasteiger partial charge in [0.25, 0.3) is 0 Å². The molecule has 0 radical (unpaired) electrons. The van der Waals surface area contributed by atoms with Crippen LogP contribution < -0.4 is 0 Å². The highest BCUT2D eigenvalue weighted by Crippen LogP contribution is 2.68. The molecule has 0 spiro atoms. The van der Waals surface area contributed by atoms with Crippen molar-refractivity contribution in [3.8, 4) is 0 Å². The number of benzene rings is 1. The van der Waals surface area contributed by atoms with Gasteiger partial charge in [0.15, 0.2) is 0 Å². The fourth-order valence-corrected chi connectivity index (χ4v) is 7.14. The molecule has 4 fully saturated rings. The number of rotatable bonds is 4. The van der Waals surface area contributed by atoms with E-state index in [9.17, 15) is 9.59 Å². The van der Waals surface area contributed by atoms with Crippen LogP contribution in [0.1, 0.15) is 74.2 Å². The maximum atomic E-state index is 12.6. The smallest absolute Gasteiger partial charge is 0.410 e. The molecule has 2 saturated carbocycles. The predicted molar refractivity (Wildman–Crippen MR) is 137 cm³/mol. The third-order valence-corrected chi connectivity index (χ3v) is 8.68. The molecule has 6 rings (SSSR count). The van der Waals surface area contributed by atoms with Gasteiger partial charge in [0.05, 0.1) is 5.56 Å². The standard InChI is InChI=1S/C29H36N4O4/c1-28(2,3)36-27(35)32-17-21-15-29(16-22(18-32)24(21)29)26-30-12-9-23(31-26)19-10-13-33(14-11-19)37-25(34)20-7-5-4-6-8-20/h4-9,12,19,21-22,24H,10-11,13-18H2,1-3H3/t21-,22+,24?,29?. The summed E-state index contributed by atoms with van der Waals surface area (Å²) in [7, 11) is 0. The van der Waals surface area contributed by atoms with Crippen LogP contribution in [0.5, 0.6) is 0 Å². The van der Waals surface area contributed by atoms with Crippen molar-refractivity contribution >= 4 is 12.1 Å². The molecular formula is C29H36N4O4. The van der Waals surface area contributed by atoms with Gasteiger partial charge < -0.3 is 14.5 Å². The van der Waals surface area contributed by atoms with Crippen LogP contribution in [0.3, 0.4) is 0 Å². The van der Waals surface area contributed by atoms with Crippen LogP contribution in [0.4, 0.5) is 4.79 Å². The molecule has 8 nitrogen and oxygen atoms in total. The van der Waals surface area contributed by atoms with Gasteiger partial charge in [0.2, 0.25) is 0 Å². The number of carbonyl (C=O) groups excluding carboxylic acids is 2. The summed E-state index contributed by atoms with van der Waals surface area (Å²) in [6.45, 7) is 8.69. The molecule has 37 heavy (non-hydrogen) atoms. The third-order valence-electron chi connectivity index (χ3n) is 8.68. The number of hydrogen-bond acceptors (Lipinski definition) is 7. The highest BCUT2D eigenvalue weighted by Gasteiger charge is 2.69. The van der Waals surface area contributed by atoms with E-state index in [4.69, 9.17) is 19.5 Å². The second-order valence-electron chi connectivity index (χ2n) is 12.2. The van der Waals surface area contributed by atoms with Gasteiger partial charge in [-0.05, 0) is 82.4 Å². The van der Waals surface area contributed by atoms with Crippen LogP contribution in [0.15, 0.2) is 42.6 Å². The Hall–Kier alpha value is -3.00. The lowest BCUT2D eigenvalue weighted by Crippen LogP contribution is -2.72. The number of hydrogen-bond donors (Lipinski definition) is 0. The monoisotopic (exact) mass is 504 g/mol. The largest absolute Gasteiger partial charge is 0.444 e. The molecule has 8 heteroatoms. The molecule has 1 aromatic carbocycles. The number of hydroxylamine groups is 2. The Morgan fingerprint density at radius 2 is 1.68 bits per heavy atom. The number of piperidine rings is 2. The lowest BCUT2D eigenvalue weighted by atomic mass is 9.37. The molecule has 4 aliphatic rings. The third kappa shape index (κ3) is 4.49. The number of carbonyl (C=O) groups is 2. The lowest BCUT2D eigenvalue weighted by Gasteiger charge is -2.70. The van der Waals surface area contributed by atoms with E-state index in [0.717, 1.165) is 50.3 Å². The Morgan fingerprint density at radius 3 is 2.32 bits per heavy atom. The molecule has 2 unspecified atom stereocenters. The summed E-state index contributed by atoms with van der Waals surface area (Å²) in [6, 6.07) is 11.2. The van der Waals surface area contributed by atoms with E-state index in [2.05, 4.69) is 0 Å². The van der Waals surface area contributed by atoms with E-state index >= 15 is 0 Å². The maximum absolute atomic E-state index is 12.6. The van der Waals surface area contributed by atoms with Gasteiger partial charge in [0, 0.05) is 49.4 Å². The van der Waals surface area contributed by atoms with Crippen molar-refractivity contribution in [3.05, 3.63) is 59.7 Å². The summed E-state index contributed by atoms with van der Waals surface area (Å²) in [4.78, 5) is 42.4. The van der Waals surface area contributed by atoms with E-state index in [-0.39, 0.29) is 17.5 Å². The molecule has 2 aliphatic heterocycles. The summed E-state index contributed by atoms with van der Waals surface area (Å²) in [5.74, 6) is 2.61. The van der Waals surface area contributed by atoms with E-state index in [0.29, 0.717) is 42.3 Å². The molecule has 4 atom stereocenters. The Bertz CT molecular complexity index is 1160. The van der Waals surface area contributed by atoms with E-state index in [1.807, 2.05) is 56.1 Å². The first-order chi connectivity index (χ1) is 17.7. The average molecular weight is 505 g/mol. The van der Waals surface area contributed by atoms with E-state index < -0.39 is 5.60 Å². The van der Waals surface area contributed by atoms with Gasteiger partial charge in [-0.1, -0.05) is 18.2 Å². The van der Waals surface area contributed by atoms with Crippen molar-refractivity contribution in [2.75, 3.05) is 26.2 Å². The zero-order chi connectivity index (χ0) is 25.8. The molecule has 2 aromatic rings. The first-order valence-corrected chi connectivity index (χ1v) is 13.6. The van der Waals surface area contributed by atoms with Crippen LogP contribution in [-0.4, -0.2) is 63.8 Å². The van der Waals surface area contributed by atoms with Crippen molar-refractivity contribution in [1.29, 1.82) is 0 Å². The number of aromatic nitrogens is 2. The number of nitrogens with zero attached hydrogens (tertiary/aromatic N) is 4. The normalized spacial score (nSPS) is 29.5. The molecule has 1 amide bonds. The predicted octanol–water partition coefficient (Wildman–Crippen LogP) is 4.57. The topological polar surface area (TPSA) is 84.9 Å². The lowest BCUT2D eigenvalue weighted by molar-refractivity contribution is -0.172. The van der Waals surface area contributed by atoms with Crippen LogP contribution in [0.2, 0.25) is 0 Å². The molecule has 2 aliphatic carbocycles. The minimum absolute atomic E-state index is 0.0806. The molecule has 0 bridgehead atoms. The Morgan fingerprint density at radius 1 is 1.00 bits per heavy atom. The van der Waals surface area contributed by atoms with Crippen molar-refractivity contribution in [3.63, 3.8) is 0 Å². The van der Waals surface area contributed by atoms with Crippen molar-refractivity contribution < 1.29 is 19.2 Å². The Labute approximate surface area is 218 Å². The number of amides is 1. The number of likely N-dealkylation sites (tertiary alicyclic amines) is 1. The molecule has 0 N–H and O–H groups in total. The number of ether oxygens (including phenoxy) is 1. The van der Waals surface area contributed by atoms with Crippen LogP contribution >= 0.6 is 0 Å². The summed E-state index contributed by atoms with van der Waals surface area (Å²) < 4.78 is 5.63. The van der Waals surface area contributed by atoms with Gasteiger partial charge in [-0.25, -0.2) is 19.6 Å². The van der Waals surface area contributed by atoms with Gasteiger partial charge in [-0.3, -0.25) is 0 Å². The molecular weight excluding hydrogens is 468 g/mol. The van der Waals surface area contributed by atoms with Gasteiger partial charge in [-0.2, -0.15) is 0 Å². The zero-order valence-electron chi connectivity index (χ0n) is 21.9. The summed E-state index contributed by atoms with van der Waals surface area (Å²) in [5.41, 5.74) is 1.28. The molecule has 196 valence electrons. The van der Waals surface area contributed by atoms with Crippen LogP contribution in [0.25, 0.3) is 0 Å². The second-order valence-corrected chi connectivity index (χ2v) is 12.2. The van der Waals surface area contributed by atoms with Crippen molar-refractivity contribution in [2.45, 2.75) is 63.4 Å². The van der Waals surface area contributed by atoms with Crippen LogP contribution in [0, 0.1) is 17.8 Å². The zero-order valence-corrected chi connectivity index (χ0v) is 21.9. The maximum Gasteiger partial charge on any atom is 0.410 e. The van der Waals surface area contributed by atoms with Gasteiger partial charge in [-0.15, -0.1) is 5.06 Å².